The van der Waals surface area contributed by atoms with Gasteiger partial charge in [0.25, 0.3) is 0 Å². The minimum absolute atomic E-state index is 0.0708. The van der Waals surface area contributed by atoms with E-state index in [-0.39, 0.29) is 28.1 Å². The lowest BCUT2D eigenvalue weighted by atomic mass is 10.2. The number of hydrogen-bond acceptors (Lipinski definition) is 5. The molecule has 0 bridgehead atoms. The summed E-state index contributed by atoms with van der Waals surface area (Å²) in [5, 5.41) is 0.931. The number of likely N-dealkylation sites (N-methyl/N-ethyl adjacent to an activating group) is 1. The Morgan fingerprint density at radius 1 is 1.07 bits per heavy atom. The topological polar surface area (TPSA) is 70.2 Å². The van der Waals surface area contributed by atoms with Crippen LogP contribution in [0.3, 0.4) is 0 Å². The summed E-state index contributed by atoms with van der Waals surface area (Å²) in [4.78, 5) is 16.5. The molecule has 1 aliphatic heterocycles. The van der Waals surface area contributed by atoms with Crippen LogP contribution < -0.4 is 9.64 Å². The zero-order valence-corrected chi connectivity index (χ0v) is 19.0. The highest BCUT2D eigenvalue weighted by Gasteiger charge is 2.29. The van der Waals surface area contributed by atoms with Crippen molar-refractivity contribution in [1.82, 2.24) is 9.21 Å². The molecule has 162 valence electrons. The third-order valence-corrected chi connectivity index (χ3v) is 7.27. The lowest BCUT2D eigenvalue weighted by Gasteiger charge is -2.36. The van der Waals surface area contributed by atoms with Gasteiger partial charge in [-0.15, -0.1) is 0 Å². The van der Waals surface area contributed by atoms with Gasteiger partial charge >= 0.3 is 0 Å². The molecule has 0 N–H and O–H groups in total. The normalized spacial score (nSPS) is 14.8. The molecule has 0 unspecified atom stereocenters. The van der Waals surface area contributed by atoms with Crippen LogP contribution in [-0.4, -0.2) is 70.4 Å². The van der Waals surface area contributed by atoms with Crippen molar-refractivity contribution in [2.45, 2.75) is 4.90 Å². The van der Waals surface area contributed by atoms with Crippen LogP contribution in [-0.2, 0) is 14.8 Å². The van der Waals surface area contributed by atoms with Crippen LogP contribution in [0.25, 0.3) is 0 Å². The van der Waals surface area contributed by atoms with E-state index in [0.717, 1.165) is 9.99 Å². The quantitative estimate of drug-likeness (QED) is 0.647. The molecular formula is C20H23Cl2N3O4S. The number of piperazine rings is 1. The van der Waals surface area contributed by atoms with Crippen LogP contribution in [0.1, 0.15) is 0 Å². The third kappa shape index (κ3) is 5.00. The summed E-state index contributed by atoms with van der Waals surface area (Å²) < 4.78 is 32.1. The van der Waals surface area contributed by atoms with E-state index in [9.17, 15) is 13.2 Å². The van der Waals surface area contributed by atoms with Gasteiger partial charge in [-0.1, -0.05) is 29.3 Å². The van der Waals surface area contributed by atoms with Crippen LogP contribution in [0.5, 0.6) is 5.75 Å². The molecule has 1 heterocycles. The lowest BCUT2D eigenvalue weighted by molar-refractivity contribution is -0.131. The molecule has 0 spiro atoms. The summed E-state index contributed by atoms with van der Waals surface area (Å²) in [6, 6.07) is 11.9. The molecule has 0 atom stereocenters. The Morgan fingerprint density at radius 3 is 2.37 bits per heavy atom. The van der Waals surface area contributed by atoms with E-state index in [4.69, 9.17) is 27.9 Å². The van der Waals surface area contributed by atoms with Gasteiger partial charge in [0.15, 0.2) is 0 Å². The van der Waals surface area contributed by atoms with Crippen molar-refractivity contribution >= 4 is 44.8 Å². The molecule has 1 fully saturated rings. The van der Waals surface area contributed by atoms with Crippen LogP contribution in [0.2, 0.25) is 10.0 Å². The Hall–Kier alpha value is -2.00. The molecule has 30 heavy (non-hydrogen) atoms. The molecule has 2 aromatic rings. The number of carbonyl (C=O) groups excluding carboxylic acids is 1. The zero-order chi connectivity index (χ0) is 21.9. The highest BCUT2D eigenvalue weighted by molar-refractivity contribution is 7.89. The molecule has 2 aromatic carbocycles. The van der Waals surface area contributed by atoms with Gasteiger partial charge in [-0.25, -0.2) is 8.42 Å². The largest absolute Gasteiger partial charge is 0.495 e. The second-order valence-electron chi connectivity index (χ2n) is 6.90. The fourth-order valence-electron chi connectivity index (χ4n) is 3.28. The van der Waals surface area contributed by atoms with E-state index in [1.165, 1.54) is 26.3 Å². The minimum Gasteiger partial charge on any atom is -0.495 e. The molecule has 0 aromatic heterocycles. The van der Waals surface area contributed by atoms with Crippen molar-refractivity contribution in [1.29, 1.82) is 0 Å². The summed E-state index contributed by atoms with van der Waals surface area (Å²) in [6.45, 7) is 2.02. The first kappa shape index (κ1) is 22.7. The maximum atomic E-state index is 12.9. The highest BCUT2D eigenvalue weighted by Crippen LogP contribution is 2.29. The number of sulfonamides is 1. The Kier molecular flexibility index (Phi) is 7.13. The first-order valence-electron chi connectivity index (χ1n) is 9.30. The van der Waals surface area contributed by atoms with Crippen molar-refractivity contribution in [3.8, 4) is 5.75 Å². The van der Waals surface area contributed by atoms with Crippen molar-refractivity contribution in [3.63, 3.8) is 0 Å². The molecular weight excluding hydrogens is 449 g/mol. The average Bonchev–Trinajstić information content (AvgIpc) is 2.73. The van der Waals surface area contributed by atoms with E-state index in [1.807, 2.05) is 24.3 Å². The van der Waals surface area contributed by atoms with Gasteiger partial charge in [-0.05, 0) is 36.4 Å². The number of anilines is 1. The van der Waals surface area contributed by atoms with Gasteiger partial charge in [0.05, 0.1) is 13.7 Å². The second-order valence-corrected chi connectivity index (χ2v) is 9.79. The molecule has 0 radical (unpaired) electrons. The molecule has 0 aliphatic carbocycles. The predicted molar refractivity (Wildman–Crippen MR) is 118 cm³/mol. The lowest BCUT2D eigenvalue weighted by Crippen LogP contribution is -2.51. The number of amides is 1. The van der Waals surface area contributed by atoms with Gasteiger partial charge in [0, 0.05) is 49.0 Å². The van der Waals surface area contributed by atoms with Gasteiger partial charge in [0.1, 0.15) is 10.6 Å². The number of carbonyl (C=O) groups is 1. The average molecular weight is 472 g/mol. The maximum absolute atomic E-state index is 12.9. The highest BCUT2D eigenvalue weighted by atomic mass is 35.5. The standard InChI is InChI=1S/C20H23Cl2N3O4S/c1-23(30(27,28)19-13-16(22)6-7-18(19)29-2)14-20(26)25-10-8-24(9-11-25)17-5-3-4-15(21)12-17/h3-7,12-13H,8-11,14H2,1-2H3. The molecule has 1 saturated heterocycles. The molecule has 1 aliphatic rings. The SMILES string of the molecule is COc1ccc(Cl)cc1S(=O)(=O)N(C)CC(=O)N1CCN(c2cccc(Cl)c2)CC1. The second kappa shape index (κ2) is 9.43. The molecule has 10 heteroatoms. The zero-order valence-electron chi connectivity index (χ0n) is 16.7. The van der Waals surface area contributed by atoms with E-state index in [2.05, 4.69) is 4.90 Å². The summed E-state index contributed by atoms with van der Waals surface area (Å²) in [7, 11) is -1.19. The molecule has 1 amide bonds. The van der Waals surface area contributed by atoms with E-state index in [1.54, 1.807) is 11.0 Å². The Morgan fingerprint density at radius 2 is 1.73 bits per heavy atom. The summed E-state index contributed by atoms with van der Waals surface area (Å²) in [5.41, 5.74) is 1.00. The number of ether oxygens (including phenoxy) is 1. The van der Waals surface area contributed by atoms with E-state index < -0.39 is 10.0 Å². The van der Waals surface area contributed by atoms with E-state index >= 15 is 0 Å². The Bertz CT molecular complexity index is 1020. The molecule has 0 saturated carbocycles. The summed E-state index contributed by atoms with van der Waals surface area (Å²) in [6.07, 6.45) is 0. The van der Waals surface area contributed by atoms with Gasteiger partial charge < -0.3 is 14.5 Å². The summed E-state index contributed by atoms with van der Waals surface area (Å²) in [5.74, 6) is -0.0818. The van der Waals surface area contributed by atoms with Crippen LogP contribution in [0.4, 0.5) is 5.69 Å². The first-order valence-corrected chi connectivity index (χ1v) is 11.5. The van der Waals surface area contributed by atoms with Crippen molar-refractivity contribution in [3.05, 3.63) is 52.5 Å². The fourth-order valence-corrected chi connectivity index (χ4v) is 5.00. The number of benzene rings is 2. The molecule has 7 nitrogen and oxygen atoms in total. The Labute approximate surface area is 186 Å². The third-order valence-electron chi connectivity index (χ3n) is 4.98. The van der Waals surface area contributed by atoms with Crippen molar-refractivity contribution < 1.29 is 17.9 Å². The van der Waals surface area contributed by atoms with Crippen LogP contribution in [0.15, 0.2) is 47.4 Å². The number of halogens is 2. The fraction of sp³-hybridized carbons (Fsp3) is 0.350. The van der Waals surface area contributed by atoms with E-state index in [0.29, 0.717) is 31.2 Å². The van der Waals surface area contributed by atoms with Gasteiger partial charge in [0.2, 0.25) is 15.9 Å². The number of rotatable bonds is 6. The monoisotopic (exact) mass is 471 g/mol. The first-order chi connectivity index (χ1) is 14.2. The predicted octanol–water partition coefficient (Wildman–Crippen LogP) is 2.97. The van der Waals surface area contributed by atoms with Crippen molar-refractivity contribution in [2.24, 2.45) is 0 Å². The number of methoxy groups -OCH3 is 1. The Balaban J connectivity index is 1.64. The van der Waals surface area contributed by atoms with Gasteiger partial charge in [-0.3, -0.25) is 4.79 Å². The van der Waals surface area contributed by atoms with Crippen LogP contribution in [0, 0.1) is 0 Å². The van der Waals surface area contributed by atoms with Crippen molar-refractivity contribution in [2.75, 3.05) is 51.8 Å². The minimum atomic E-state index is -3.95. The molecule has 3 rings (SSSR count). The summed E-state index contributed by atoms with van der Waals surface area (Å²) >= 11 is 12.0. The van der Waals surface area contributed by atoms with Crippen LogP contribution >= 0.6 is 23.2 Å². The smallest absolute Gasteiger partial charge is 0.247 e. The maximum Gasteiger partial charge on any atom is 0.247 e. The number of hydrogen-bond donors (Lipinski definition) is 0. The van der Waals surface area contributed by atoms with Gasteiger partial charge in [-0.2, -0.15) is 4.31 Å². The number of nitrogens with zero attached hydrogens (tertiary/aromatic N) is 3.